The second-order valence-electron chi connectivity index (χ2n) is 8.58. The van der Waals surface area contributed by atoms with Gasteiger partial charge in [-0.25, -0.2) is 8.42 Å². The van der Waals surface area contributed by atoms with Crippen LogP contribution in [0.25, 0.3) is 10.8 Å². The van der Waals surface area contributed by atoms with Gasteiger partial charge in [0.15, 0.2) is 5.41 Å². The molecule has 1 saturated heterocycles. The summed E-state index contributed by atoms with van der Waals surface area (Å²) < 4.78 is 39.7. The predicted molar refractivity (Wildman–Crippen MR) is 132 cm³/mol. The summed E-state index contributed by atoms with van der Waals surface area (Å²) in [6.45, 7) is 5.69. The monoisotopic (exact) mass is 493 g/mol. The molecular formula is C27H27NO6S. The number of hydrogen-bond acceptors (Lipinski definition) is 6. The van der Waals surface area contributed by atoms with Gasteiger partial charge in [0.2, 0.25) is 10.0 Å². The number of nitrogens with zero attached hydrogens (tertiary/aromatic N) is 1. The number of hydrogen-bond donors (Lipinski definition) is 0. The Bertz CT molecular complexity index is 1380. The smallest absolute Gasteiger partial charge is 0.325 e. The maximum absolute atomic E-state index is 14.1. The van der Waals surface area contributed by atoms with Crippen molar-refractivity contribution in [2.75, 3.05) is 14.2 Å². The fourth-order valence-electron chi connectivity index (χ4n) is 5.01. The van der Waals surface area contributed by atoms with Crippen molar-refractivity contribution < 1.29 is 27.5 Å². The van der Waals surface area contributed by atoms with Gasteiger partial charge in [-0.05, 0) is 41.8 Å². The number of benzene rings is 3. The highest BCUT2D eigenvalue weighted by atomic mass is 32.2. The quantitative estimate of drug-likeness (QED) is 0.291. The zero-order valence-electron chi connectivity index (χ0n) is 19.8. The first-order valence-corrected chi connectivity index (χ1v) is 12.5. The average Bonchev–Trinajstić information content (AvgIpc) is 3.24. The number of sulfonamides is 1. The third kappa shape index (κ3) is 3.83. The standard InChI is InChI=1S/C27H27NO6S/c1-5-20-17-27(25(29)33-3,26(30)34-4)24(23-12-8-10-19-9-6-7-11-22(19)23)28(20)35(31,32)21-15-13-18(2)14-16-21/h5-16,20,24H,1,17H2,2-4H3/t20-,24+/m0/s1. The van der Waals surface area contributed by atoms with Crippen LogP contribution in [0.4, 0.5) is 0 Å². The van der Waals surface area contributed by atoms with Gasteiger partial charge in [0.05, 0.1) is 25.2 Å². The zero-order valence-corrected chi connectivity index (χ0v) is 20.6. The highest BCUT2D eigenvalue weighted by Crippen LogP contribution is 2.55. The van der Waals surface area contributed by atoms with Gasteiger partial charge in [0.1, 0.15) is 0 Å². The summed E-state index contributed by atoms with van der Waals surface area (Å²) in [6, 6.07) is 17.1. The SMILES string of the molecule is C=C[C@H]1CC(C(=O)OC)(C(=O)OC)[C@@H](c2cccc3ccccc23)N1S(=O)(=O)c1ccc(C)cc1. The maximum Gasteiger partial charge on any atom is 0.325 e. The Labute approximate surface area is 205 Å². The third-order valence-corrected chi connectivity index (χ3v) is 8.57. The Hall–Kier alpha value is -3.49. The van der Waals surface area contributed by atoms with Gasteiger partial charge >= 0.3 is 11.9 Å². The number of carbonyl (C=O) groups excluding carboxylic acids is 2. The van der Waals surface area contributed by atoms with Crippen molar-refractivity contribution in [1.29, 1.82) is 0 Å². The number of aryl methyl sites for hydroxylation is 1. The van der Waals surface area contributed by atoms with Crippen molar-refractivity contribution in [3.63, 3.8) is 0 Å². The van der Waals surface area contributed by atoms with E-state index in [0.29, 0.717) is 10.9 Å². The predicted octanol–water partition coefficient (Wildman–Crippen LogP) is 4.17. The van der Waals surface area contributed by atoms with Crippen LogP contribution in [0, 0.1) is 12.3 Å². The molecule has 35 heavy (non-hydrogen) atoms. The minimum atomic E-state index is -4.19. The number of ether oxygens (including phenoxy) is 2. The molecule has 0 saturated carbocycles. The summed E-state index contributed by atoms with van der Waals surface area (Å²) >= 11 is 0. The van der Waals surface area contributed by atoms with Crippen LogP contribution in [0.1, 0.15) is 23.6 Å². The summed E-state index contributed by atoms with van der Waals surface area (Å²) in [5.74, 6) is -1.73. The molecule has 0 bridgehead atoms. The summed E-state index contributed by atoms with van der Waals surface area (Å²) in [5, 5.41) is 1.55. The molecule has 0 aromatic heterocycles. The minimum Gasteiger partial charge on any atom is -0.468 e. The lowest BCUT2D eigenvalue weighted by Crippen LogP contribution is -2.47. The van der Waals surface area contributed by atoms with E-state index in [1.807, 2.05) is 37.3 Å². The lowest BCUT2D eigenvalue weighted by molar-refractivity contribution is -0.170. The van der Waals surface area contributed by atoms with E-state index >= 15 is 0 Å². The Morgan fingerprint density at radius 3 is 2.17 bits per heavy atom. The molecule has 2 atom stereocenters. The summed E-state index contributed by atoms with van der Waals surface area (Å²) in [5.41, 5.74) is -0.543. The van der Waals surface area contributed by atoms with E-state index in [0.717, 1.165) is 10.9 Å². The van der Waals surface area contributed by atoms with Gasteiger partial charge in [0, 0.05) is 6.04 Å². The number of fused-ring (bicyclic) bond motifs is 1. The van der Waals surface area contributed by atoms with Gasteiger partial charge in [-0.3, -0.25) is 9.59 Å². The number of esters is 2. The molecule has 0 amide bonds. The molecule has 0 unspecified atom stereocenters. The van der Waals surface area contributed by atoms with Gasteiger partial charge in [-0.1, -0.05) is 66.2 Å². The van der Waals surface area contributed by atoms with E-state index < -0.39 is 39.5 Å². The first-order valence-electron chi connectivity index (χ1n) is 11.1. The normalized spacial score (nSPS) is 19.9. The molecule has 4 rings (SSSR count). The molecule has 1 aliphatic heterocycles. The lowest BCUT2D eigenvalue weighted by Gasteiger charge is -2.34. The van der Waals surface area contributed by atoms with Crippen molar-refractivity contribution in [3.8, 4) is 0 Å². The van der Waals surface area contributed by atoms with E-state index in [-0.39, 0.29) is 11.3 Å². The lowest BCUT2D eigenvalue weighted by atomic mass is 9.75. The van der Waals surface area contributed by atoms with Crippen LogP contribution >= 0.6 is 0 Å². The second-order valence-corrected chi connectivity index (χ2v) is 10.4. The van der Waals surface area contributed by atoms with Crippen LogP contribution < -0.4 is 0 Å². The molecule has 3 aromatic rings. The molecule has 0 N–H and O–H groups in total. The first-order chi connectivity index (χ1) is 16.7. The van der Waals surface area contributed by atoms with Crippen LogP contribution in [0.15, 0.2) is 84.3 Å². The zero-order chi connectivity index (χ0) is 25.4. The van der Waals surface area contributed by atoms with Crippen molar-refractivity contribution >= 4 is 32.7 Å². The minimum absolute atomic E-state index is 0.0470. The van der Waals surface area contributed by atoms with E-state index in [1.165, 1.54) is 36.7 Å². The van der Waals surface area contributed by atoms with Crippen molar-refractivity contribution in [2.45, 2.75) is 30.3 Å². The average molecular weight is 494 g/mol. The summed E-state index contributed by atoms with van der Waals surface area (Å²) in [6.07, 6.45) is 1.27. The Balaban J connectivity index is 2.09. The van der Waals surface area contributed by atoms with E-state index in [1.54, 1.807) is 24.3 Å². The second kappa shape index (κ2) is 9.28. The third-order valence-electron chi connectivity index (χ3n) is 6.66. The van der Waals surface area contributed by atoms with Crippen molar-refractivity contribution in [1.82, 2.24) is 4.31 Å². The molecule has 1 aliphatic rings. The first kappa shape index (κ1) is 24.6. The number of carbonyl (C=O) groups is 2. The molecule has 1 heterocycles. The molecule has 1 fully saturated rings. The number of rotatable bonds is 6. The molecule has 182 valence electrons. The van der Waals surface area contributed by atoms with Crippen LogP contribution in [0.5, 0.6) is 0 Å². The van der Waals surface area contributed by atoms with E-state index in [9.17, 15) is 18.0 Å². The Kier molecular flexibility index (Phi) is 6.53. The highest BCUT2D eigenvalue weighted by Gasteiger charge is 2.66. The van der Waals surface area contributed by atoms with Gasteiger partial charge in [0.25, 0.3) is 0 Å². The molecule has 7 nitrogen and oxygen atoms in total. The molecular weight excluding hydrogens is 466 g/mol. The topological polar surface area (TPSA) is 90.0 Å². The van der Waals surface area contributed by atoms with Gasteiger partial charge in [-0.15, -0.1) is 6.58 Å². The molecule has 8 heteroatoms. The Morgan fingerprint density at radius 2 is 1.57 bits per heavy atom. The van der Waals surface area contributed by atoms with Crippen LogP contribution in [-0.4, -0.2) is 44.9 Å². The summed E-state index contributed by atoms with van der Waals surface area (Å²) in [7, 11) is -1.84. The summed E-state index contributed by atoms with van der Waals surface area (Å²) in [4.78, 5) is 26.8. The van der Waals surface area contributed by atoms with E-state index in [2.05, 4.69) is 6.58 Å². The van der Waals surface area contributed by atoms with E-state index in [4.69, 9.17) is 9.47 Å². The fraction of sp³-hybridized carbons (Fsp3) is 0.259. The van der Waals surface area contributed by atoms with Gasteiger partial charge in [-0.2, -0.15) is 4.31 Å². The number of methoxy groups -OCH3 is 2. The molecule has 3 aromatic carbocycles. The van der Waals surface area contributed by atoms with Crippen LogP contribution in [0.3, 0.4) is 0 Å². The molecule has 0 radical (unpaired) electrons. The van der Waals surface area contributed by atoms with Crippen molar-refractivity contribution in [2.24, 2.45) is 5.41 Å². The maximum atomic E-state index is 14.1. The van der Waals surface area contributed by atoms with Gasteiger partial charge < -0.3 is 9.47 Å². The largest absolute Gasteiger partial charge is 0.468 e. The molecule has 0 spiro atoms. The van der Waals surface area contributed by atoms with Crippen LogP contribution in [-0.2, 0) is 29.1 Å². The van der Waals surface area contributed by atoms with Crippen LogP contribution in [0.2, 0.25) is 0 Å². The molecule has 0 aliphatic carbocycles. The highest BCUT2D eigenvalue weighted by molar-refractivity contribution is 7.89. The fourth-order valence-corrected chi connectivity index (χ4v) is 6.82. The van der Waals surface area contributed by atoms with Crippen molar-refractivity contribution in [3.05, 3.63) is 90.5 Å². The Morgan fingerprint density at radius 1 is 0.971 bits per heavy atom.